The minimum atomic E-state index is -0.893. The average Bonchev–Trinajstić information content (AvgIpc) is 1.99. The predicted octanol–water partition coefficient (Wildman–Crippen LogP) is 0.354. The molecular weight excluding hydrogens is 196 g/mol. The zero-order chi connectivity index (χ0) is 12.1. The maximum atomic E-state index is 10.9. The Morgan fingerprint density at radius 2 is 1.87 bits per heavy atom. The number of nitrogens with one attached hydrogen (secondary N) is 2. The van der Waals surface area contributed by atoms with E-state index in [1.165, 1.54) is 6.92 Å². The Morgan fingerprint density at radius 1 is 1.33 bits per heavy atom. The summed E-state index contributed by atoms with van der Waals surface area (Å²) in [4.78, 5) is 21.5. The van der Waals surface area contributed by atoms with Gasteiger partial charge in [-0.15, -0.1) is 0 Å². The second kappa shape index (κ2) is 5.70. The highest BCUT2D eigenvalue weighted by molar-refractivity contribution is 5.74. The summed E-state index contributed by atoms with van der Waals surface area (Å²) in [5.41, 5.74) is -0.251. The van der Waals surface area contributed by atoms with E-state index >= 15 is 0 Å². The quantitative estimate of drug-likeness (QED) is 0.620. The van der Waals surface area contributed by atoms with Gasteiger partial charge in [0.2, 0.25) is 5.91 Å². The molecule has 0 aliphatic rings. The molecule has 5 nitrogen and oxygen atoms in total. The first-order chi connectivity index (χ1) is 6.72. The normalized spacial score (nSPS) is 13.3. The van der Waals surface area contributed by atoms with Crippen LogP contribution in [-0.4, -0.2) is 35.1 Å². The maximum Gasteiger partial charge on any atom is 0.320 e. The smallest absolute Gasteiger partial charge is 0.320 e. The first-order valence-electron chi connectivity index (χ1n) is 4.97. The van der Waals surface area contributed by atoms with Crippen molar-refractivity contribution in [2.75, 3.05) is 6.54 Å². The average molecular weight is 216 g/mol. The third-order valence-corrected chi connectivity index (χ3v) is 1.71. The molecule has 0 fully saturated rings. The van der Waals surface area contributed by atoms with Crippen molar-refractivity contribution in [3.63, 3.8) is 0 Å². The van der Waals surface area contributed by atoms with Gasteiger partial charge in [0, 0.05) is 19.0 Å². The van der Waals surface area contributed by atoms with E-state index in [-0.39, 0.29) is 11.4 Å². The highest BCUT2D eigenvalue weighted by Gasteiger charge is 2.22. The molecule has 3 N–H and O–H groups in total. The lowest BCUT2D eigenvalue weighted by Gasteiger charge is -2.25. The third-order valence-electron chi connectivity index (χ3n) is 1.71. The Bertz CT molecular complexity index is 233. The fraction of sp³-hybridized carbons (Fsp3) is 0.800. The van der Waals surface area contributed by atoms with Gasteiger partial charge in [0.25, 0.3) is 0 Å². The summed E-state index contributed by atoms with van der Waals surface area (Å²) in [6, 6.07) is -0.628. The van der Waals surface area contributed by atoms with E-state index in [4.69, 9.17) is 5.11 Å². The van der Waals surface area contributed by atoms with Crippen LogP contribution >= 0.6 is 0 Å². The van der Waals surface area contributed by atoms with Crippen molar-refractivity contribution in [2.45, 2.75) is 45.7 Å². The van der Waals surface area contributed by atoms with Crippen LogP contribution in [0.15, 0.2) is 0 Å². The van der Waals surface area contributed by atoms with E-state index in [1.807, 2.05) is 20.8 Å². The number of carboxylic acid groups (broad SMARTS) is 1. The van der Waals surface area contributed by atoms with Gasteiger partial charge in [0.1, 0.15) is 6.04 Å². The number of carbonyl (C=O) groups excluding carboxylic acids is 1. The Morgan fingerprint density at radius 3 is 2.20 bits per heavy atom. The van der Waals surface area contributed by atoms with E-state index in [1.54, 1.807) is 0 Å². The predicted molar refractivity (Wildman–Crippen MR) is 57.6 cm³/mol. The molecule has 0 unspecified atom stereocenters. The lowest BCUT2D eigenvalue weighted by Crippen LogP contribution is -2.48. The van der Waals surface area contributed by atoms with Crippen molar-refractivity contribution >= 4 is 11.9 Å². The van der Waals surface area contributed by atoms with Crippen LogP contribution in [0.25, 0.3) is 0 Å². The first kappa shape index (κ1) is 13.9. The number of rotatable bonds is 5. The largest absolute Gasteiger partial charge is 0.480 e. The molecule has 1 amide bonds. The molecule has 5 heteroatoms. The standard InChI is InChI=1S/C10H20N2O3/c1-7(13)11-6-5-8(9(14)15)12-10(2,3)4/h8,12H,5-6H2,1-4H3,(H,11,13)(H,14,15)/t8-/m0/s1. The molecule has 88 valence electrons. The van der Waals surface area contributed by atoms with E-state index in [9.17, 15) is 9.59 Å². The van der Waals surface area contributed by atoms with Crippen molar-refractivity contribution in [3.8, 4) is 0 Å². The molecule has 0 saturated heterocycles. The molecule has 0 saturated carbocycles. The van der Waals surface area contributed by atoms with Crippen molar-refractivity contribution in [1.82, 2.24) is 10.6 Å². The van der Waals surface area contributed by atoms with Crippen LogP contribution in [-0.2, 0) is 9.59 Å². The van der Waals surface area contributed by atoms with E-state index in [0.29, 0.717) is 13.0 Å². The van der Waals surface area contributed by atoms with Crippen molar-refractivity contribution in [2.24, 2.45) is 0 Å². The maximum absolute atomic E-state index is 10.9. The Hall–Kier alpha value is -1.10. The van der Waals surface area contributed by atoms with Crippen LogP contribution in [0.1, 0.15) is 34.1 Å². The van der Waals surface area contributed by atoms with Gasteiger partial charge in [-0.25, -0.2) is 0 Å². The van der Waals surface area contributed by atoms with Crippen LogP contribution in [0, 0.1) is 0 Å². The number of hydrogen-bond donors (Lipinski definition) is 3. The fourth-order valence-corrected chi connectivity index (χ4v) is 1.17. The molecular formula is C10H20N2O3. The molecule has 0 aromatic heterocycles. The van der Waals surface area contributed by atoms with Crippen LogP contribution in [0.4, 0.5) is 0 Å². The molecule has 0 radical (unpaired) electrons. The van der Waals surface area contributed by atoms with E-state index in [0.717, 1.165) is 0 Å². The van der Waals surface area contributed by atoms with Crippen molar-refractivity contribution in [3.05, 3.63) is 0 Å². The molecule has 0 bridgehead atoms. The Balaban J connectivity index is 4.06. The minimum Gasteiger partial charge on any atom is -0.480 e. The van der Waals surface area contributed by atoms with Crippen LogP contribution in [0.3, 0.4) is 0 Å². The molecule has 0 aliphatic carbocycles. The van der Waals surface area contributed by atoms with Crippen LogP contribution in [0.2, 0.25) is 0 Å². The summed E-state index contributed by atoms with van der Waals surface area (Å²) in [5, 5.41) is 14.5. The molecule has 0 rings (SSSR count). The van der Waals surface area contributed by atoms with Gasteiger partial charge in [0.15, 0.2) is 0 Å². The summed E-state index contributed by atoms with van der Waals surface area (Å²) in [5.74, 6) is -1.04. The van der Waals surface area contributed by atoms with Gasteiger partial charge in [-0.1, -0.05) is 0 Å². The number of amides is 1. The van der Waals surface area contributed by atoms with Gasteiger partial charge in [-0.2, -0.15) is 0 Å². The summed E-state index contributed by atoms with van der Waals surface area (Å²) in [6.45, 7) is 7.49. The summed E-state index contributed by atoms with van der Waals surface area (Å²) < 4.78 is 0. The number of hydrogen-bond acceptors (Lipinski definition) is 3. The van der Waals surface area contributed by atoms with Crippen molar-refractivity contribution in [1.29, 1.82) is 0 Å². The first-order valence-corrected chi connectivity index (χ1v) is 4.97. The molecule has 0 aliphatic heterocycles. The number of carboxylic acids is 1. The molecule has 0 heterocycles. The van der Waals surface area contributed by atoms with Crippen LogP contribution in [0.5, 0.6) is 0 Å². The zero-order valence-corrected chi connectivity index (χ0v) is 9.76. The van der Waals surface area contributed by atoms with Gasteiger partial charge < -0.3 is 10.4 Å². The Kier molecular flexibility index (Phi) is 5.28. The molecule has 0 aromatic carbocycles. The second-order valence-electron chi connectivity index (χ2n) is 4.56. The highest BCUT2D eigenvalue weighted by Crippen LogP contribution is 2.03. The molecule has 15 heavy (non-hydrogen) atoms. The van der Waals surface area contributed by atoms with Gasteiger partial charge in [0.05, 0.1) is 0 Å². The molecule has 1 atom stereocenters. The number of carbonyl (C=O) groups is 2. The van der Waals surface area contributed by atoms with Gasteiger partial charge in [-0.05, 0) is 27.2 Å². The van der Waals surface area contributed by atoms with Crippen LogP contribution < -0.4 is 10.6 Å². The van der Waals surface area contributed by atoms with E-state index < -0.39 is 12.0 Å². The van der Waals surface area contributed by atoms with Gasteiger partial charge >= 0.3 is 5.97 Å². The Labute approximate surface area is 90.2 Å². The summed E-state index contributed by atoms with van der Waals surface area (Å²) in [6.07, 6.45) is 0.381. The summed E-state index contributed by atoms with van der Waals surface area (Å²) >= 11 is 0. The molecule has 0 aromatic rings. The number of aliphatic carboxylic acids is 1. The lowest BCUT2D eigenvalue weighted by molar-refractivity contribution is -0.140. The van der Waals surface area contributed by atoms with E-state index in [2.05, 4.69) is 10.6 Å². The monoisotopic (exact) mass is 216 g/mol. The fourth-order valence-electron chi connectivity index (χ4n) is 1.17. The lowest BCUT2D eigenvalue weighted by atomic mass is 10.1. The SMILES string of the molecule is CC(=O)NCC[C@H](NC(C)(C)C)C(=O)O. The third kappa shape index (κ3) is 7.93. The second-order valence-corrected chi connectivity index (χ2v) is 4.56. The zero-order valence-electron chi connectivity index (χ0n) is 9.76. The molecule has 0 spiro atoms. The summed E-state index contributed by atoms with van der Waals surface area (Å²) in [7, 11) is 0. The van der Waals surface area contributed by atoms with Gasteiger partial charge in [-0.3, -0.25) is 14.9 Å². The highest BCUT2D eigenvalue weighted by atomic mass is 16.4. The minimum absolute atomic E-state index is 0.144. The topological polar surface area (TPSA) is 78.4 Å². The van der Waals surface area contributed by atoms with Crippen molar-refractivity contribution < 1.29 is 14.7 Å².